The number of nitrogens with zero attached hydrogens (tertiary/aromatic N) is 1. The van der Waals surface area contributed by atoms with Crippen molar-refractivity contribution in [2.45, 2.75) is 32.7 Å². The number of piperidine rings is 1. The summed E-state index contributed by atoms with van der Waals surface area (Å²) < 4.78 is 5.46. The summed E-state index contributed by atoms with van der Waals surface area (Å²) in [6.07, 6.45) is 4.61. The molecule has 0 bridgehead atoms. The van der Waals surface area contributed by atoms with Crippen LogP contribution >= 0.6 is 23.7 Å². The number of amides is 1. The number of carbonyl (C=O) groups is 1. The van der Waals surface area contributed by atoms with Gasteiger partial charge < -0.3 is 15.1 Å². The van der Waals surface area contributed by atoms with Crippen molar-refractivity contribution >= 4 is 29.7 Å². The lowest BCUT2D eigenvalue weighted by Crippen LogP contribution is -2.35. The number of hydrogen-bond donors (Lipinski definition) is 2. The van der Waals surface area contributed by atoms with E-state index in [1.807, 2.05) is 17.5 Å². The molecule has 2 atom stereocenters. The van der Waals surface area contributed by atoms with Crippen molar-refractivity contribution in [1.82, 2.24) is 15.6 Å². The average molecular weight is 370 g/mol. The number of aromatic nitrogens is 1. The third-order valence-corrected chi connectivity index (χ3v) is 5.26. The van der Waals surface area contributed by atoms with Gasteiger partial charge in [0.25, 0.3) is 0 Å². The van der Waals surface area contributed by atoms with E-state index in [-0.39, 0.29) is 18.3 Å². The smallest absolute Gasteiger partial charge is 0.236 e. The molecule has 1 saturated heterocycles. The predicted molar refractivity (Wildman–Crippen MR) is 98.3 cm³/mol. The van der Waals surface area contributed by atoms with Crippen molar-refractivity contribution in [2.24, 2.45) is 11.8 Å². The Bertz CT molecular complexity index is 624. The van der Waals surface area contributed by atoms with Crippen molar-refractivity contribution in [1.29, 1.82) is 0 Å². The fourth-order valence-electron chi connectivity index (χ4n) is 2.99. The van der Waals surface area contributed by atoms with E-state index < -0.39 is 0 Å². The lowest BCUT2D eigenvalue weighted by atomic mass is 9.85. The van der Waals surface area contributed by atoms with Gasteiger partial charge in [0.1, 0.15) is 6.26 Å². The Kier molecular flexibility index (Phi) is 7.27. The van der Waals surface area contributed by atoms with Gasteiger partial charge in [-0.3, -0.25) is 4.79 Å². The molecule has 1 aliphatic heterocycles. The molecule has 5 nitrogen and oxygen atoms in total. The van der Waals surface area contributed by atoms with E-state index in [9.17, 15) is 4.79 Å². The summed E-state index contributed by atoms with van der Waals surface area (Å²) in [4.78, 5) is 17.5. The minimum Gasteiger partial charge on any atom is -0.443 e. The first-order valence-corrected chi connectivity index (χ1v) is 9.06. The molecule has 2 aromatic rings. The number of thiophene rings is 1. The molecule has 7 heteroatoms. The highest BCUT2D eigenvalue weighted by molar-refractivity contribution is 7.13. The highest BCUT2D eigenvalue weighted by atomic mass is 35.5. The highest BCUT2D eigenvalue weighted by Gasteiger charge is 2.22. The van der Waals surface area contributed by atoms with E-state index in [0.717, 1.165) is 23.7 Å². The summed E-state index contributed by atoms with van der Waals surface area (Å²) in [5.74, 6) is 1.71. The Balaban J connectivity index is 0.00000208. The van der Waals surface area contributed by atoms with Crippen molar-refractivity contribution in [2.75, 3.05) is 13.1 Å². The van der Waals surface area contributed by atoms with E-state index >= 15 is 0 Å². The zero-order valence-electron chi connectivity index (χ0n) is 13.8. The van der Waals surface area contributed by atoms with E-state index in [2.05, 4.69) is 22.5 Å². The molecule has 2 unspecified atom stereocenters. The van der Waals surface area contributed by atoms with Crippen LogP contribution in [-0.2, 0) is 11.3 Å². The predicted octanol–water partition coefficient (Wildman–Crippen LogP) is 3.47. The van der Waals surface area contributed by atoms with Crippen LogP contribution in [0.5, 0.6) is 0 Å². The summed E-state index contributed by atoms with van der Waals surface area (Å²) in [7, 11) is 0. The van der Waals surface area contributed by atoms with Gasteiger partial charge >= 0.3 is 0 Å². The maximum absolute atomic E-state index is 12.1. The molecule has 1 fully saturated rings. The molecule has 0 radical (unpaired) electrons. The van der Waals surface area contributed by atoms with Gasteiger partial charge in [-0.1, -0.05) is 13.0 Å². The number of halogens is 1. The van der Waals surface area contributed by atoms with Gasteiger partial charge in [0, 0.05) is 6.42 Å². The van der Waals surface area contributed by atoms with Crippen molar-refractivity contribution in [3.8, 4) is 10.8 Å². The largest absolute Gasteiger partial charge is 0.443 e. The normalized spacial score (nSPS) is 18.6. The third-order valence-electron chi connectivity index (χ3n) is 4.40. The van der Waals surface area contributed by atoms with E-state index in [4.69, 9.17) is 4.42 Å². The maximum atomic E-state index is 12.1. The molecular weight excluding hydrogens is 346 g/mol. The monoisotopic (exact) mass is 369 g/mol. The Morgan fingerprint density at radius 1 is 1.58 bits per heavy atom. The van der Waals surface area contributed by atoms with Gasteiger partial charge in [0.2, 0.25) is 11.8 Å². The van der Waals surface area contributed by atoms with Gasteiger partial charge in [-0.05, 0) is 49.2 Å². The van der Waals surface area contributed by atoms with Gasteiger partial charge in [-0.25, -0.2) is 4.98 Å². The van der Waals surface area contributed by atoms with Crippen LogP contribution in [-0.4, -0.2) is 24.0 Å². The van der Waals surface area contributed by atoms with Crippen LogP contribution in [0.1, 0.15) is 31.9 Å². The van der Waals surface area contributed by atoms with E-state index in [0.29, 0.717) is 30.7 Å². The Labute approximate surface area is 152 Å². The summed E-state index contributed by atoms with van der Waals surface area (Å²) >= 11 is 1.59. The fraction of sp³-hybridized carbons (Fsp3) is 0.529. The van der Waals surface area contributed by atoms with Crippen molar-refractivity contribution in [3.05, 3.63) is 29.5 Å². The molecule has 132 valence electrons. The minimum atomic E-state index is 0. The molecule has 0 aromatic carbocycles. The second-order valence-corrected chi connectivity index (χ2v) is 7.13. The minimum absolute atomic E-state index is 0. The Morgan fingerprint density at radius 2 is 2.46 bits per heavy atom. The van der Waals surface area contributed by atoms with Crippen LogP contribution in [0, 0.1) is 11.8 Å². The molecule has 0 spiro atoms. The molecule has 0 saturated carbocycles. The topological polar surface area (TPSA) is 67.2 Å². The Hall–Kier alpha value is -1.37. The number of oxazole rings is 1. The number of rotatable bonds is 6. The SMILES string of the molecule is CC(CC(=O)NCc1coc(-c2cccs2)n1)C1CCCNC1.Cl. The first-order valence-electron chi connectivity index (χ1n) is 8.18. The third kappa shape index (κ3) is 5.06. The van der Waals surface area contributed by atoms with Gasteiger partial charge in [-0.15, -0.1) is 23.7 Å². The molecule has 24 heavy (non-hydrogen) atoms. The van der Waals surface area contributed by atoms with Crippen molar-refractivity contribution < 1.29 is 9.21 Å². The van der Waals surface area contributed by atoms with Gasteiger partial charge in [0.05, 0.1) is 17.1 Å². The maximum Gasteiger partial charge on any atom is 0.236 e. The molecule has 3 rings (SSSR count). The lowest BCUT2D eigenvalue weighted by Gasteiger charge is -2.27. The summed E-state index contributed by atoms with van der Waals surface area (Å²) in [6, 6.07) is 3.94. The molecule has 1 amide bonds. The van der Waals surface area contributed by atoms with E-state index in [1.165, 1.54) is 12.8 Å². The fourth-order valence-corrected chi connectivity index (χ4v) is 3.64. The number of hydrogen-bond acceptors (Lipinski definition) is 5. The van der Waals surface area contributed by atoms with Crippen LogP contribution in [0.2, 0.25) is 0 Å². The number of carbonyl (C=O) groups excluding carboxylic acids is 1. The zero-order valence-corrected chi connectivity index (χ0v) is 15.4. The molecule has 1 aliphatic rings. The zero-order chi connectivity index (χ0) is 16.1. The second-order valence-electron chi connectivity index (χ2n) is 6.19. The van der Waals surface area contributed by atoms with Crippen LogP contribution < -0.4 is 10.6 Å². The molecular formula is C17H24ClN3O2S. The summed E-state index contributed by atoms with van der Waals surface area (Å²) in [5.41, 5.74) is 0.758. The molecule has 0 aliphatic carbocycles. The Morgan fingerprint density at radius 3 is 3.17 bits per heavy atom. The lowest BCUT2D eigenvalue weighted by molar-refractivity contribution is -0.122. The van der Waals surface area contributed by atoms with E-state index in [1.54, 1.807) is 17.6 Å². The van der Waals surface area contributed by atoms with Crippen LogP contribution in [0.15, 0.2) is 28.2 Å². The van der Waals surface area contributed by atoms with Crippen LogP contribution in [0.4, 0.5) is 0 Å². The number of nitrogens with one attached hydrogen (secondary N) is 2. The molecule has 3 heterocycles. The first kappa shape index (κ1) is 19.0. The second kappa shape index (κ2) is 9.20. The van der Waals surface area contributed by atoms with Gasteiger partial charge in [0.15, 0.2) is 0 Å². The average Bonchev–Trinajstić information content (AvgIpc) is 3.25. The highest BCUT2D eigenvalue weighted by Crippen LogP contribution is 2.24. The molecule has 2 aromatic heterocycles. The van der Waals surface area contributed by atoms with Crippen LogP contribution in [0.25, 0.3) is 10.8 Å². The quantitative estimate of drug-likeness (QED) is 0.818. The first-order chi connectivity index (χ1) is 11.2. The van der Waals surface area contributed by atoms with Crippen LogP contribution in [0.3, 0.4) is 0 Å². The summed E-state index contributed by atoms with van der Waals surface area (Å²) in [5, 5.41) is 8.35. The van der Waals surface area contributed by atoms with Crippen molar-refractivity contribution in [3.63, 3.8) is 0 Å². The van der Waals surface area contributed by atoms with Gasteiger partial charge in [-0.2, -0.15) is 0 Å². The standard InChI is InChI=1S/C17H23N3O2S.ClH/c1-12(13-4-2-6-18-9-13)8-16(21)19-10-14-11-22-17(20-14)15-5-3-7-23-15;/h3,5,7,11-13,18H,2,4,6,8-10H2,1H3,(H,19,21);1H. The molecule has 2 N–H and O–H groups in total. The summed E-state index contributed by atoms with van der Waals surface area (Å²) in [6.45, 7) is 4.72.